The number of alkyl halides is 6. The van der Waals surface area contributed by atoms with E-state index in [1.165, 1.54) is 30.1 Å². The third-order valence-electron chi connectivity index (χ3n) is 12.5. The normalized spacial score (nSPS) is 15.6. The molecule has 0 spiro atoms. The summed E-state index contributed by atoms with van der Waals surface area (Å²) in [6.45, 7) is 11.3. The molecule has 0 aliphatic carbocycles. The van der Waals surface area contributed by atoms with Gasteiger partial charge >= 0.3 is 12.4 Å². The lowest BCUT2D eigenvalue weighted by Crippen LogP contribution is -2.57. The Morgan fingerprint density at radius 1 is 0.829 bits per heavy atom. The first-order valence-corrected chi connectivity index (χ1v) is 26.1. The second kappa shape index (κ2) is 27.3. The number of phenols is 1. The number of aliphatic hydroxyl groups is 1. The summed E-state index contributed by atoms with van der Waals surface area (Å²) in [6.07, 6.45) is -8.43. The van der Waals surface area contributed by atoms with Crippen LogP contribution in [0.3, 0.4) is 0 Å². The number of carbonyl (C=O) groups excluding carboxylic acids is 2. The number of aromatic nitrogens is 3. The Bertz CT molecular complexity index is 2680. The fraction of sp³-hybridized carbons (Fsp3) is 0.509. The largest absolute Gasteiger partial charge is 0.506 e. The fourth-order valence-corrected chi connectivity index (χ4v) is 9.57. The number of benzene rings is 3. The molecule has 1 aliphatic heterocycles. The Morgan fingerprint density at radius 3 is 2.07 bits per heavy atom. The van der Waals surface area contributed by atoms with Gasteiger partial charge < -0.3 is 49.4 Å². The van der Waals surface area contributed by atoms with Gasteiger partial charge in [0.2, 0.25) is 11.8 Å². The van der Waals surface area contributed by atoms with E-state index in [9.17, 15) is 46.1 Å². The first-order chi connectivity index (χ1) is 36.0. The molecule has 3 heterocycles. The Morgan fingerprint density at radius 2 is 1.46 bits per heavy atom. The van der Waals surface area contributed by atoms with Gasteiger partial charge in [0.15, 0.2) is 5.69 Å². The minimum absolute atomic E-state index is 0.0177. The molecule has 4 N–H and O–H groups in total. The van der Waals surface area contributed by atoms with Crippen molar-refractivity contribution in [1.29, 1.82) is 0 Å². The van der Waals surface area contributed by atoms with Gasteiger partial charge in [0.05, 0.1) is 103 Å². The molecule has 3 atom stereocenters. The van der Waals surface area contributed by atoms with E-state index >= 15 is 0 Å². The molecule has 0 radical (unpaired) electrons. The number of rotatable bonds is 27. The van der Waals surface area contributed by atoms with Crippen LogP contribution < -0.4 is 15.4 Å². The highest BCUT2D eigenvalue weighted by molar-refractivity contribution is 7.13. The number of unbranched alkanes of at least 4 members (excludes halogenated alkanes) is 2. The first-order valence-electron chi connectivity index (χ1n) is 24.8. The topological polar surface area (TPSA) is 179 Å². The van der Waals surface area contributed by atoms with Gasteiger partial charge in [-0.1, -0.05) is 62.7 Å². The second-order valence-electron chi connectivity index (χ2n) is 19.3. The number of aryl methyl sites for hydroxylation is 2. The van der Waals surface area contributed by atoms with Gasteiger partial charge in [-0.05, 0) is 78.6 Å². The van der Waals surface area contributed by atoms with Crippen LogP contribution in [0.25, 0.3) is 32.8 Å². The van der Waals surface area contributed by atoms with E-state index < -0.39 is 58.0 Å². The number of amides is 2. The summed E-state index contributed by atoms with van der Waals surface area (Å²) in [5.41, 5.74) is 1.37. The maximum absolute atomic E-state index is 13.9. The van der Waals surface area contributed by atoms with Crippen molar-refractivity contribution in [3.63, 3.8) is 0 Å². The number of hydrogen-bond acceptors (Lipinski definition) is 13. The number of carbonyl (C=O) groups is 2. The van der Waals surface area contributed by atoms with Gasteiger partial charge in [0.1, 0.15) is 17.5 Å². The number of hydrogen-bond donors (Lipinski definition) is 4. The predicted octanol–water partition coefficient (Wildman–Crippen LogP) is 9.48. The van der Waals surface area contributed by atoms with Gasteiger partial charge in [-0.25, -0.2) is 4.98 Å². The molecule has 1 saturated heterocycles. The summed E-state index contributed by atoms with van der Waals surface area (Å²) in [6, 6.07) is 12.9. The van der Waals surface area contributed by atoms with Gasteiger partial charge in [-0.3, -0.25) is 14.3 Å². The number of aliphatic hydroxyl groups excluding tert-OH is 1. The van der Waals surface area contributed by atoms with Crippen molar-refractivity contribution < 1.29 is 69.8 Å². The Balaban J connectivity index is 0.824. The van der Waals surface area contributed by atoms with E-state index in [1.807, 2.05) is 57.5 Å². The summed E-state index contributed by atoms with van der Waals surface area (Å²) in [5.74, 6) is -1.16. The van der Waals surface area contributed by atoms with Crippen molar-refractivity contribution >= 4 is 34.8 Å². The molecule has 6 rings (SSSR count). The lowest BCUT2D eigenvalue weighted by Gasteiger charge is -2.35. The number of phenolic OH excluding ortho intramolecular Hbond substituents is 1. The van der Waals surface area contributed by atoms with E-state index in [0.717, 1.165) is 44.6 Å². The van der Waals surface area contributed by atoms with E-state index in [2.05, 4.69) is 20.7 Å². The average Bonchev–Trinajstić information content (AvgIpc) is 4.11. The Hall–Kier alpha value is -5.33. The van der Waals surface area contributed by atoms with Crippen molar-refractivity contribution in [2.45, 2.75) is 90.5 Å². The number of ether oxygens (including phenoxy) is 5. The molecular weight excluding hydrogens is 1050 g/mol. The smallest absolute Gasteiger partial charge is 0.435 e. The highest BCUT2D eigenvalue weighted by Gasteiger charge is 2.44. The molecule has 3 aromatic carbocycles. The predicted molar refractivity (Wildman–Crippen MR) is 275 cm³/mol. The maximum atomic E-state index is 13.9. The molecule has 23 heteroatoms. The van der Waals surface area contributed by atoms with Crippen LogP contribution >= 0.6 is 22.9 Å². The van der Waals surface area contributed by atoms with Gasteiger partial charge in [-0.15, -0.1) is 11.3 Å². The highest BCUT2D eigenvalue weighted by atomic mass is 35.5. The molecule has 416 valence electrons. The number of thiazole rings is 1. The number of aromatic hydroxyl groups is 1. The Kier molecular flexibility index (Phi) is 21.5. The first kappa shape index (κ1) is 59.9. The van der Waals surface area contributed by atoms with Crippen LogP contribution in [0.15, 0.2) is 66.2 Å². The summed E-state index contributed by atoms with van der Waals surface area (Å²) in [4.78, 5) is 34.2. The quantitative estimate of drug-likeness (QED) is 0.0290. The van der Waals surface area contributed by atoms with Gasteiger partial charge in [0.25, 0.3) is 0 Å². The Labute approximate surface area is 446 Å². The maximum Gasteiger partial charge on any atom is 0.435 e. The van der Waals surface area contributed by atoms with Crippen molar-refractivity contribution in [3.05, 3.63) is 93.7 Å². The van der Waals surface area contributed by atoms with Crippen LogP contribution in [-0.4, -0.2) is 132 Å². The standard InChI is InChI=1S/C53H65ClF6N6O9S/c1-33-47(76-32-63-33)35-11-9-34(10-12-35)30-62-49(69)42-28-37(67)31-66(42)50(70)48(51(2,3)4)61-17-20-72-22-24-74-26-25-73-23-21-71-18-7-6-8-19-75-43-16-14-38(41-29-44(53(58,59)60)64-65(41)5)46(68)45(43)36-13-15-40(54)39(27-36)52(55,56)57/h9-16,27,29,32,37,42,48,61,67-68H,6-8,17-26,28,30-31H2,1-5H3,(H,62,69)/t37-,42+,48?/m1/s1. The minimum atomic E-state index is -4.83. The zero-order valence-corrected chi connectivity index (χ0v) is 44.6. The molecule has 1 fully saturated rings. The zero-order chi connectivity index (χ0) is 55.2. The highest BCUT2D eigenvalue weighted by Crippen LogP contribution is 2.47. The van der Waals surface area contributed by atoms with Crippen LogP contribution in [0.5, 0.6) is 11.5 Å². The van der Waals surface area contributed by atoms with Crippen molar-refractivity contribution in [2.75, 3.05) is 72.6 Å². The van der Waals surface area contributed by atoms with E-state index in [4.69, 9.17) is 35.3 Å². The third kappa shape index (κ3) is 16.6. The fourth-order valence-electron chi connectivity index (χ4n) is 8.53. The summed E-state index contributed by atoms with van der Waals surface area (Å²) in [7, 11) is 1.25. The van der Waals surface area contributed by atoms with Crippen LogP contribution in [0, 0.1) is 12.3 Å². The average molecular weight is 1110 g/mol. The molecule has 0 saturated carbocycles. The lowest BCUT2D eigenvalue weighted by molar-refractivity contribution is -0.142. The molecule has 76 heavy (non-hydrogen) atoms. The number of likely N-dealkylation sites (tertiary alicyclic amines) is 1. The summed E-state index contributed by atoms with van der Waals surface area (Å²) >= 11 is 7.42. The van der Waals surface area contributed by atoms with Crippen molar-refractivity contribution in [3.8, 4) is 44.3 Å². The van der Waals surface area contributed by atoms with Gasteiger partial charge in [0, 0.05) is 45.3 Å². The molecule has 0 bridgehead atoms. The second-order valence-corrected chi connectivity index (χ2v) is 20.5. The summed E-state index contributed by atoms with van der Waals surface area (Å²) < 4.78 is 111. The SMILES string of the molecule is Cc1ncsc1-c1ccc(CNC(=O)[C@@H]2C[C@@H](O)CN2C(=O)C(NCCOCCOCCOCCOCCCCCOc2ccc(-c3cc(C(F)(F)F)nn3C)c(O)c2-c2ccc(Cl)c(C(F)(F)F)c2)C(C)(C)C)cc1. The van der Waals surface area contributed by atoms with Gasteiger partial charge in [-0.2, -0.15) is 31.4 Å². The number of β-amino-alcohol motifs (C(OH)–C–C–N with tert-alkyl or cyclic N) is 1. The van der Waals surface area contributed by atoms with E-state index in [0.29, 0.717) is 78.7 Å². The molecule has 5 aromatic rings. The third-order valence-corrected chi connectivity index (χ3v) is 13.8. The molecule has 2 amide bonds. The van der Waals surface area contributed by atoms with Crippen molar-refractivity contribution in [1.82, 2.24) is 30.3 Å². The molecular formula is C53H65ClF6N6O9S. The number of halogens is 7. The molecule has 1 aliphatic rings. The van der Waals surface area contributed by atoms with Crippen LogP contribution in [0.1, 0.15) is 69.0 Å². The lowest BCUT2D eigenvalue weighted by atomic mass is 9.85. The molecule has 1 unspecified atom stereocenters. The van der Waals surface area contributed by atoms with Crippen molar-refractivity contribution in [2.24, 2.45) is 12.5 Å². The number of nitrogens with one attached hydrogen (secondary N) is 2. The number of nitrogens with zero attached hydrogens (tertiary/aromatic N) is 4. The van der Waals surface area contributed by atoms with E-state index in [-0.39, 0.29) is 66.1 Å². The monoisotopic (exact) mass is 1110 g/mol. The molecule has 15 nitrogen and oxygen atoms in total. The molecule has 2 aromatic heterocycles. The summed E-state index contributed by atoms with van der Waals surface area (Å²) in [5, 5.41) is 31.1. The van der Waals surface area contributed by atoms with E-state index in [1.54, 1.807) is 11.3 Å². The van der Waals surface area contributed by atoms with Crippen LogP contribution in [0.4, 0.5) is 26.3 Å². The zero-order valence-electron chi connectivity index (χ0n) is 43.0. The van der Waals surface area contributed by atoms with Crippen LogP contribution in [0.2, 0.25) is 5.02 Å². The minimum Gasteiger partial charge on any atom is -0.506 e. The van der Waals surface area contributed by atoms with Crippen LogP contribution in [-0.2, 0) is 54.5 Å².